The number of nitrogens with one attached hydrogen (secondary N) is 2. The number of carbonyl (C=O) groups is 1. The van der Waals surface area contributed by atoms with Crippen molar-refractivity contribution in [2.75, 3.05) is 32.7 Å². The number of alkyl halides is 3. The molecule has 152 valence electrons. The number of aromatic nitrogens is 3. The molecule has 0 saturated carbocycles. The number of hydrogen-bond donors (Lipinski definition) is 2. The minimum atomic E-state index is -4.38. The van der Waals surface area contributed by atoms with E-state index in [1.165, 1.54) is 10.7 Å². The molecule has 1 aromatic carbocycles. The largest absolute Gasteiger partial charge is 0.416 e. The van der Waals surface area contributed by atoms with Gasteiger partial charge in [-0.3, -0.25) is 9.69 Å². The number of halogens is 3. The Balaban J connectivity index is 1.49. The summed E-state index contributed by atoms with van der Waals surface area (Å²) in [6.45, 7) is 4.29. The van der Waals surface area contributed by atoms with Gasteiger partial charge < -0.3 is 10.6 Å². The number of carbonyl (C=O) groups excluding carboxylic acids is 1. The first kappa shape index (κ1) is 20.3. The first-order valence-corrected chi connectivity index (χ1v) is 9.15. The SMILES string of the molecule is O=C(CN1CCCNCC1)NCc1cn(Cc2cccc(C(F)(F)F)c2)nn1. The van der Waals surface area contributed by atoms with Crippen molar-refractivity contribution in [1.29, 1.82) is 0 Å². The second-order valence-electron chi connectivity index (χ2n) is 6.76. The van der Waals surface area contributed by atoms with E-state index in [0.717, 1.165) is 44.7 Å². The van der Waals surface area contributed by atoms with Gasteiger partial charge >= 0.3 is 6.18 Å². The van der Waals surface area contributed by atoms with Crippen molar-refractivity contribution in [1.82, 2.24) is 30.5 Å². The van der Waals surface area contributed by atoms with Crippen LogP contribution in [-0.2, 0) is 24.1 Å². The zero-order valence-corrected chi connectivity index (χ0v) is 15.4. The molecule has 0 atom stereocenters. The minimum absolute atomic E-state index is 0.0886. The van der Waals surface area contributed by atoms with Gasteiger partial charge in [0.05, 0.1) is 31.4 Å². The molecule has 1 aliphatic rings. The Kier molecular flexibility index (Phi) is 6.63. The van der Waals surface area contributed by atoms with Crippen molar-refractivity contribution in [3.63, 3.8) is 0 Å². The normalized spacial score (nSPS) is 16.0. The summed E-state index contributed by atoms with van der Waals surface area (Å²) < 4.78 is 39.8. The molecular weight excluding hydrogens is 373 g/mol. The number of hydrogen-bond acceptors (Lipinski definition) is 5. The van der Waals surface area contributed by atoms with Crippen molar-refractivity contribution in [3.05, 3.63) is 47.3 Å². The molecule has 0 spiro atoms. The second-order valence-corrected chi connectivity index (χ2v) is 6.76. The highest BCUT2D eigenvalue weighted by atomic mass is 19.4. The van der Waals surface area contributed by atoms with Crippen LogP contribution in [0.15, 0.2) is 30.5 Å². The summed E-state index contributed by atoms with van der Waals surface area (Å²) >= 11 is 0. The molecule has 1 aliphatic heterocycles. The van der Waals surface area contributed by atoms with Crippen LogP contribution in [0.4, 0.5) is 13.2 Å². The van der Waals surface area contributed by atoms with Crippen LogP contribution in [0.3, 0.4) is 0 Å². The summed E-state index contributed by atoms with van der Waals surface area (Å²) in [7, 11) is 0. The summed E-state index contributed by atoms with van der Waals surface area (Å²) in [5, 5.41) is 14.0. The van der Waals surface area contributed by atoms with Crippen molar-refractivity contribution in [3.8, 4) is 0 Å². The number of amides is 1. The highest BCUT2D eigenvalue weighted by Crippen LogP contribution is 2.29. The first-order chi connectivity index (χ1) is 13.4. The Morgan fingerprint density at radius 2 is 2.11 bits per heavy atom. The van der Waals surface area contributed by atoms with E-state index in [2.05, 4.69) is 25.8 Å². The summed E-state index contributed by atoms with van der Waals surface area (Å²) in [6.07, 6.45) is -1.75. The van der Waals surface area contributed by atoms with Crippen molar-refractivity contribution in [2.45, 2.75) is 25.7 Å². The standard InChI is InChI=1S/C18H23F3N6O/c19-18(20,21)15-4-1-3-14(9-15)11-27-12-16(24-25-27)10-23-17(28)13-26-7-2-5-22-6-8-26/h1,3-4,9,12,22H,2,5-8,10-11,13H2,(H,23,28). The van der Waals surface area contributed by atoms with E-state index in [0.29, 0.717) is 17.8 Å². The fourth-order valence-corrected chi connectivity index (χ4v) is 3.04. The van der Waals surface area contributed by atoms with E-state index in [1.807, 2.05) is 0 Å². The Morgan fingerprint density at radius 1 is 1.25 bits per heavy atom. The van der Waals surface area contributed by atoms with Gasteiger partial charge in [0, 0.05) is 13.1 Å². The minimum Gasteiger partial charge on any atom is -0.349 e. The van der Waals surface area contributed by atoms with E-state index in [4.69, 9.17) is 0 Å². The summed E-state index contributed by atoms with van der Waals surface area (Å²) in [5.74, 6) is -0.0886. The zero-order chi connectivity index (χ0) is 20.0. The highest BCUT2D eigenvalue weighted by molar-refractivity contribution is 5.77. The molecule has 0 bridgehead atoms. The lowest BCUT2D eigenvalue weighted by molar-refractivity contribution is -0.137. The number of benzene rings is 1. The smallest absolute Gasteiger partial charge is 0.349 e. The van der Waals surface area contributed by atoms with Gasteiger partial charge in [0.25, 0.3) is 0 Å². The van der Waals surface area contributed by atoms with Crippen LogP contribution < -0.4 is 10.6 Å². The number of nitrogens with zero attached hydrogens (tertiary/aromatic N) is 4. The van der Waals surface area contributed by atoms with E-state index in [-0.39, 0.29) is 19.0 Å². The summed E-state index contributed by atoms with van der Waals surface area (Å²) in [6, 6.07) is 5.11. The topological polar surface area (TPSA) is 75.1 Å². The molecule has 0 aliphatic carbocycles. The van der Waals surface area contributed by atoms with E-state index >= 15 is 0 Å². The molecule has 7 nitrogen and oxygen atoms in total. The molecule has 3 rings (SSSR count). The van der Waals surface area contributed by atoms with Gasteiger partial charge in [-0.25, -0.2) is 4.68 Å². The Morgan fingerprint density at radius 3 is 2.93 bits per heavy atom. The lowest BCUT2D eigenvalue weighted by atomic mass is 10.1. The van der Waals surface area contributed by atoms with E-state index < -0.39 is 11.7 Å². The van der Waals surface area contributed by atoms with Crippen molar-refractivity contribution >= 4 is 5.91 Å². The first-order valence-electron chi connectivity index (χ1n) is 9.15. The third kappa shape index (κ3) is 6.03. The van der Waals surface area contributed by atoms with Crippen molar-refractivity contribution < 1.29 is 18.0 Å². The number of rotatable bonds is 6. The van der Waals surface area contributed by atoms with E-state index in [1.54, 1.807) is 12.3 Å². The molecule has 1 fully saturated rings. The summed E-state index contributed by atoms with van der Waals surface area (Å²) in [5.41, 5.74) is 0.337. The predicted molar refractivity (Wildman–Crippen MR) is 96.3 cm³/mol. The second kappa shape index (κ2) is 9.16. The fourth-order valence-electron chi connectivity index (χ4n) is 3.04. The van der Waals surface area contributed by atoms with Gasteiger partial charge in [0.2, 0.25) is 5.91 Å². The molecule has 1 aromatic heterocycles. The molecule has 1 amide bonds. The van der Waals surface area contributed by atoms with Crippen LogP contribution in [0, 0.1) is 0 Å². The molecule has 0 unspecified atom stereocenters. The molecule has 2 heterocycles. The van der Waals surface area contributed by atoms with Crippen LogP contribution in [0.25, 0.3) is 0 Å². The Labute approximate surface area is 160 Å². The van der Waals surface area contributed by atoms with Crippen LogP contribution in [-0.4, -0.2) is 58.5 Å². The molecule has 0 radical (unpaired) electrons. The average molecular weight is 396 g/mol. The molecule has 28 heavy (non-hydrogen) atoms. The van der Waals surface area contributed by atoms with Crippen LogP contribution in [0.1, 0.15) is 23.2 Å². The fraction of sp³-hybridized carbons (Fsp3) is 0.500. The Hall–Kier alpha value is -2.46. The van der Waals surface area contributed by atoms with E-state index in [9.17, 15) is 18.0 Å². The van der Waals surface area contributed by atoms with Gasteiger partial charge in [0.1, 0.15) is 5.69 Å². The maximum absolute atomic E-state index is 12.8. The van der Waals surface area contributed by atoms with Gasteiger partial charge in [-0.05, 0) is 37.2 Å². The van der Waals surface area contributed by atoms with Crippen LogP contribution in [0.2, 0.25) is 0 Å². The van der Waals surface area contributed by atoms with Gasteiger partial charge in [0.15, 0.2) is 0 Å². The third-order valence-electron chi connectivity index (χ3n) is 4.45. The molecule has 2 N–H and O–H groups in total. The maximum atomic E-state index is 12.8. The molecule has 1 saturated heterocycles. The van der Waals surface area contributed by atoms with Crippen LogP contribution in [0.5, 0.6) is 0 Å². The zero-order valence-electron chi connectivity index (χ0n) is 15.4. The van der Waals surface area contributed by atoms with Gasteiger partial charge in [-0.15, -0.1) is 5.10 Å². The maximum Gasteiger partial charge on any atom is 0.416 e. The summed E-state index contributed by atoms with van der Waals surface area (Å²) in [4.78, 5) is 14.2. The third-order valence-corrected chi connectivity index (χ3v) is 4.45. The van der Waals surface area contributed by atoms with Crippen molar-refractivity contribution in [2.24, 2.45) is 0 Å². The molecule has 10 heteroatoms. The van der Waals surface area contributed by atoms with Gasteiger partial charge in [-0.1, -0.05) is 17.3 Å². The highest BCUT2D eigenvalue weighted by Gasteiger charge is 2.30. The monoisotopic (exact) mass is 396 g/mol. The lowest BCUT2D eigenvalue weighted by Gasteiger charge is -2.18. The average Bonchev–Trinajstić information content (AvgIpc) is 2.93. The lowest BCUT2D eigenvalue weighted by Crippen LogP contribution is -2.38. The van der Waals surface area contributed by atoms with Crippen LogP contribution >= 0.6 is 0 Å². The Bertz CT molecular complexity index is 784. The van der Waals surface area contributed by atoms with Gasteiger partial charge in [-0.2, -0.15) is 13.2 Å². The quantitative estimate of drug-likeness (QED) is 0.769. The molecular formula is C18H23F3N6O. The molecule has 2 aromatic rings. The predicted octanol–water partition coefficient (Wildman–Crippen LogP) is 1.26.